The maximum absolute atomic E-state index is 15.0. The highest BCUT2D eigenvalue weighted by atomic mass is 16.7. The number of nitrogens with one attached hydrogen (secondary N) is 2. The Kier molecular flexibility index (Phi) is 17.3. The third-order valence-corrected chi connectivity index (χ3v) is 15.2. The molecule has 5 heterocycles. The standard InChI is InChI=1S/C48H79N7O13/c1-15-35-48(10)39(55(45(60)68-48)49-21-18-22-54-33-20-17-16-19-32(33)51-52-54)30(6)50-42(58)26(2)24-47(9,62-14)41(67-44-37(56)34(53(11)12)23-27(3)63-44)28(4)38(29(5)43(59)65-35)66-36-25-46(8,61-13)40(57)31(7)64-36/h16-17,19-20,26-31,34-41,44,49,56-57H,15,18,21-25H2,1-14H3,(H,50,58)/t26-,27-,28+,29-,30?,31+,34+,35-,36+,37-,38+,39-,40+,41-,44+,46-,47+,48-/m1/s1. The van der Waals surface area contributed by atoms with Crippen molar-refractivity contribution in [3.05, 3.63) is 24.3 Å². The van der Waals surface area contributed by atoms with E-state index in [-0.39, 0.29) is 37.3 Å². The molecule has 0 aliphatic carbocycles. The monoisotopic (exact) mass is 962 g/mol. The lowest BCUT2D eigenvalue weighted by atomic mass is 9.77. The van der Waals surface area contributed by atoms with Crippen molar-refractivity contribution in [2.75, 3.05) is 34.9 Å². The predicted molar refractivity (Wildman–Crippen MR) is 249 cm³/mol. The summed E-state index contributed by atoms with van der Waals surface area (Å²) in [6.45, 7) is 18.8. The van der Waals surface area contributed by atoms with E-state index >= 15 is 0 Å². The minimum Gasteiger partial charge on any atom is -0.458 e. The minimum atomic E-state index is -1.46. The van der Waals surface area contributed by atoms with Gasteiger partial charge in [-0.25, -0.2) is 19.9 Å². The Labute approximate surface area is 401 Å². The smallest absolute Gasteiger partial charge is 0.425 e. The first-order chi connectivity index (χ1) is 32.0. The number of carbonyl (C=O) groups excluding carboxylic acids is 3. The quantitative estimate of drug-likeness (QED) is 0.166. The molecular formula is C48H79N7O13. The van der Waals surface area contributed by atoms with Crippen LogP contribution in [0, 0.1) is 17.8 Å². The van der Waals surface area contributed by atoms with Crippen LogP contribution in [0.4, 0.5) is 4.79 Å². The summed E-state index contributed by atoms with van der Waals surface area (Å²) in [5.74, 6) is -3.47. The van der Waals surface area contributed by atoms with E-state index in [0.717, 1.165) is 11.0 Å². The molecule has 4 fully saturated rings. The maximum atomic E-state index is 15.0. The Morgan fingerprint density at radius 3 is 2.31 bits per heavy atom. The van der Waals surface area contributed by atoms with E-state index in [0.29, 0.717) is 25.9 Å². The van der Waals surface area contributed by atoms with Crippen LogP contribution in [-0.2, 0) is 54.0 Å². The third kappa shape index (κ3) is 11.0. The minimum absolute atomic E-state index is 0.108. The van der Waals surface area contributed by atoms with Gasteiger partial charge < -0.3 is 58.3 Å². The number of hydrogen-bond acceptors (Lipinski definition) is 17. The van der Waals surface area contributed by atoms with Gasteiger partial charge in [-0.3, -0.25) is 9.59 Å². The van der Waals surface area contributed by atoms with E-state index in [1.54, 1.807) is 46.2 Å². The highest BCUT2D eigenvalue weighted by Crippen LogP contribution is 2.42. The van der Waals surface area contributed by atoms with Crippen molar-refractivity contribution in [2.45, 2.75) is 198 Å². The van der Waals surface area contributed by atoms with Crippen LogP contribution in [0.15, 0.2) is 24.3 Å². The molecule has 1 unspecified atom stereocenters. The second-order valence-electron chi connectivity index (χ2n) is 20.5. The summed E-state index contributed by atoms with van der Waals surface area (Å²) in [5, 5.41) is 36.0. The van der Waals surface area contributed by atoms with Gasteiger partial charge in [0.2, 0.25) is 5.91 Å². The van der Waals surface area contributed by atoms with Crippen LogP contribution in [0.25, 0.3) is 11.0 Å². The number of para-hydroxylation sites is 1. The number of cyclic esters (lactones) is 1. The molecule has 4 saturated heterocycles. The number of aliphatic hydroxyl groups excluding tert-OH is 2. The van der Waals surface area contributed by atoms with E-state index in [1.807, 2.05) is 71.0 Å². The number of rotatable bonds is 13. The molecule has 384 valence electrons. The number of hydrogen-bond donors (Lipinski definition) is 4. The lowest BCUT2D eigenvalue weighted by Gasteiger charge is -2.49. The Bertz CT molecular complexity index is 2030. The summed E-state index contributed by atoms with van der Waals surface area (Å²) in [6, 6.07) is 5.77. The average Bonchev–Trinajstić information content (AvgIpc) is 3.83. The van der Waals surface area contributed by atoms with Crippen LogP contribution < -0.4 is 10.7 Å². The number of nitrogens with zero attached hydrogens (tertiary/aromatic N) is 5. The van der Waals surface area contributed by atoms with E-state index < -0.39 is 108 Å². The molecule has 2 aromatic rings. The van der Waals surface area contributed by atoms with Gasteiger partial charge in [0.15, 0.2) is 18.2 Å². The number of benzene rings is 1. The fourth-order valence-electron chi connectivity index (χ4n) is 11.0. The number of aromatic nitrogens is 3. The van der Waals surface area contributed by atoms with Crippen molar-refractivity contribution in [3.8, 4) is 0 Å². The number of carbonyl (C=O) groups is 3. The van der Waals surface area contributed by atoms with Gasteiger partial charge in [-0.05, 0) is 100 Å². The summed E-state index contributed by atoms with van der Waals surface area (Å²) in [6.07, 6.45) is -7.28. The molecule has 4 N–H and O–H groups in total. The second-order valence-corrected chi connectivity index (χ2v) is 20.5. The van der Waals surface area contributed by atoms with Gasteiger partial charge in [0.05, 0.1) is 53.1 Å². The number of likely N-dealkylation sites (N-methyl/N-ethyl adjacent to an activating group) is 1. The number of aliphatic hydroxyl groups is 2. The Morgan fingerprint density at radius 1 is 0.956 bits per heavy atom. The number of fused-ring (bicyclic) bond motifs is 2. The van der Waals surface area contributed by atoms with Crippen LogP contribution in [0.1, 0.15) is 101 Å². The molecule has 1 aromatic carbocycles. The van der Waals surface area contributed by atoms with Gasteiger partial charge in [-0.2, -0.15) is 0 Å². The summed E-state index contributed by atoms with van der Waals surface area (Å²) < 4.78 is 53.3. The molecule has 1 aromatic heterocycles. The second kappa shape index (κ2) is 21.8. The average molecular weight is 962 g/mol. The van der Waals surface area contributed by atoms with E-state index in [4.69, 9.17) is 37.9 Å². The maximum Gasteiger partial charge on any atom is 0.425 e. The van der Waals surface area contributed by atoms with Crippen molar-refractivity contribution >= 4 is 29.0 Å². The number of methoxy groups -OCH3 is 2. The number of aryl methyl sites for hydroxylation is 1. The first kappa shape index (κ1) is 53.8. The molecule has 20 nitrogen and oxygen atoms in total. The molecule has 0 bridgehead atoms. The largest absolute Gasteiger partial charge is 0.458 e. The Hall–Kier alpha value is -3.57. The molecule has 0 spiro atoms. The Balaban J connectivity index is 1.38. The molecular weight excluding hydrogens is 883 g/mol. The van der Waals surface area contributed by atoms with Gasteiger partial charge in [0.25, 0.3) is 0 Å². The van der Waals surface area contributed by atoms with Gasteiger partial charge in [-0.15, -0.1) is 5.10 Å². The molecule has 6 rings (SSSR count). The van der Waals surface area contributed by atoms with Crippen LogP contribution in [0.5, 0.6) is 0 Å². The van der Waals surface area contributed by atoms with Gasteiger partial charge >= 0.3 is 12.1 Å². The molecule has 0 saturated carbocycles. The lowest BCUT2D eigenvalue weighted by Crippen LogP contribution is -2.63. The highest BCUT2D eigenvalue weighted by molar-refractivity contribution is 5.79. The molecule has 2 amide bonds. The van der Waals surface area contributed by atoms with Crippen LogP contribution >= 0.6 is 0 Å². The van der Waals surface area contributed by atoms with Crippen molar-refractivity contribution in [2.24, 2.45) is 17.8 Å². The first-order valence-electron chi connectivity index (χ1n) is 24.3. The first-order valence-corrected chi connectivity index (χ1v) is 24.3. The summed E-state index contributed by atoms with van der Waals surface area (Å²) in [4.78, 5) is 45.5. The molecule has 68 heavy (non-hydrogen) atoms. The van der Waals surface area contributed by atoms with Crippen LogP contribution in [0.3, 0.4) is 0 Å². The number of esters is 1. The zero-order valence-electron chi connectivity index (χ0n) is 42.5. The zero-order valence-corrected chi connectivity index (χ0v) is 42.5. The third-order valence-electron chi connectivity index (χ3n) is 15.2. The molecule has 4 aliphatic heterocycles. The van der Waals surface area contributed by atoms with Crippen molar-refractivity contribution < 1.29 is 62.5 Å². The number of hydrazine groups is 1. The fourth-order valence-corrected chi connectivity index (χ4v) is 11.0. The zero-order chi connectivity index (χ0) is 50.0. The van der Waals surface area contributed by atoms with E-state index in [1.165, 1.54) is 19.2 Å². The molecule has 4 aliphatic rings. The van der Waals surface area contributed by atoms with Crippen LogP contribution in [-0.4, -0.2) is 178 Å². The van der Waals surface area contributed by atoms with E-state index in [9.17, 15) is 24.6 Å². The summed E-state index contributed by atoms with van der Waals surface area (Å²) in [7, 11) is 6.83. The van der Waals surface area contributed by atoms with Gasteiger partial charge in [-0.1, -0.05) is 38.1 Å². The highest BCUT2D eigenvalue weighted by Gasteiger charge is 2.60. The topological polar surface area (TPSA) is 227 Å². The molecule has 18 atom stereocenters. The van der Waals surface area contributed by atoms with Gasteiger partial charge in [0, 0.05) is 51.6 Å². The van der Waals surface area contributed by atoms with Crippen molar-refractivity contribution in [1.29, 1.82) is 0 Å². The number of amides is 2. The number of ether oxygens (including phenoxy) is 8. The summed E-state index contributed by atoms with van der Waals surface area (Å²) >= 11 is 0. The van der Waals surface area contributed by atoms with Crippen LogP contribution in [0.2, 0.25) is 0 Å². The SMILES string of the molecule is CC[C@H]1OC(=O)[C@H](C)[C@@H](O[C@H]2C[C@@](C)(OC)[C@@H](O)[C@H](C)O2)[C@H](C)[C@@H](O[C@@H]2O[C@H](C)C[C@H](N(C)C)[C@H]2O)[C@@](C)(OC)C[C@@H](C)C(=O)NC(C)[C@H]2N(NCCCn3nnc4ccccc43)C(=O)O[C@]12C. The Morgan fingerprint density at radius 2 is 1.65 bits per heavy atom. The summed E-state index contributed by atoms with van der Waals surface area (Å²) in [5.41, 5.74) is 1.12. The molecule has 0 radical (unpaired) electrons. The van der Waals surface area contributed by atoms with Gasteiger partial charge in [0.1, 0.15) is 29.9 Å². The van der Waals surface area contributed by atoms with Crippen molar-refractivity contribution in [1.82, 2.24) is 35.6 Å². The van der Waals surface area contributed by atoms with E-state index in [2.05, 4.69) is 21.1 Å². The lowest BCUT2D eigenvalue weighted by molar-refractivity contribution is -0.319. The molecule has 20 heteroatoms. The predicted octanol–water partition coefficient (Wildman–Crippen LogP) is 3.55. The normalized spacial score (nSPS) is 41.2. The fraction of sp³-hybridized carbons (Fsp3) is 0.812. The van der Waals surface area contributed by atoms with Crippen molar-refractivity contribution in [3.63, 3.8) is 0 Å².